The topological polar surface area (TPSA) is 98.1 Å². The number of hydrogen-bond acceptors (Lipinski definition) is 6. The van der Waals surface area contributed by atoms with Gasteiger partial charge in [-0.3, -0.25) is 14.5 Å². The molecule has 0 aliphatic carbocycles. The van der Waals surface area contributed by atoms with E-state index in [1.165, 1.54) is 27.7 Å². The van der Waals surface area contributed by atoms with Crippen LogP contribution in [0, 0.1) is 0 Å². The normalized spacial score (nSPS) is 13.5. The highest BCUT2D eigenvalue weighted by atomic mass is 16.3. The molecule has 2 rings (SSSR count). The number of hydrogen-bond donors (Lipinski definition) is 3. The van der Waals surface area contributed by atoms with Crippen molar-refractivity contribution in [1.29, 1.82) is 0 Å². The summed E-state index contributed by atoms with van der Waals surface area (Å²) >= 11 is 0. The standard InChI is InChI=1S/C25H33NO5/c1-16(15-27)26(6)21(17-7-11-19(12-8-17)22(28)24(2,3)30)18-9-13-20(14-10-18)23(29)25(4,5)31/h7-14,16,21,27,30-31H,15H2,1-6H3. The second kappa shape index (κ2) is 9.40. The van der Waals surface area contributed by atoms with Crippen molar-refractivity contribution in [2.45, 2.75) is 57.9 Å². The number of benzene rings is 2. The van der Waals surface area contributed by atoms with Crippen molar-refractivity contribution in [2.75, 3.05) is 13.7 Å². The van der Waals surface area contributed by atoms with Crippen LogP contribution in [0.1, 0.15) is 72.5 Å². The molecule has 1 atom stereocenters. The van der Waals surface area contributed by atoms with Crippen molar-refractivity contribution in [3.63, 3.8) is 0 Å². The Morgan fingerprint density at radius 3 is 1.39 bits per heavy atom. The number of likely N-dealkylation sites (N-methyl/N-ethyl adjacent to an activating group) is 1. The maximum atomic E-state index is 12.3. The molecular formula is C25H33NO5. The molecular weight excluding hydrogens is 394 g/mol. The molecule has 3 N–H and O–H groups in total. The molecule has 1 unspecified atom stereocenters. The first-order chi connectivity index (χ1) is 14.3. The summed E-state index contributed by atoms with van der Waals surface area (Å²) in [6.45, 7) is 7.71. The van der Waals surface area contributed by atoms with Gasteiger partial charge in [-0.1, -0.05) is 48.5 Å². The van der Waals surface area contributed by atoms with Gasteiger partial charge in [-0.2, -0.15) is 0 Å². The zero-order valence-electron chi connectivity index (χ0n) is 19.1. The predicted molar refractivity (Wildman–Crippen MR) is 120 cm³/mol. The van der Waals surface area contributed by atoms with Gasteiger partial charge in [0, 0.05) is 17.2 Å². The molecule has 0 aromatic heterocycles. The van der Waals surface area contributed by atoms with Crippen molar-refractivity contribution in [2.24, 2.45) is 0 Å². The molecule has 2 aromatic carbocycles. The molecule has 6 heteroatoms. The minimum atomic E-state index is -1.45. The predicted octanol–water partition coefficient (Wildman–Crippen LogP) is 3.00. The Hall–Kier alpha value is -2.38. The first-order valence-electron chi connectivity index (χ1n) is 10.3. The maximum Gasteiger partial charge on any atom is 0.193 e. The van der Waals surface area contributed by atoms with Gasteiger partial charge in [0.2, 0.25) is 0 Å². The number of rotatable bonds is 9. The zero-order chi connectivity index (χ0) is 23.6. The molecule has 0 saturated carbocycles. The summed E-state index contributed by atoms with van der Waals surface area (Å²) in [5, 5.41) is 29.6. The Bertz CT molecular complexity index is 835. The van der Waals surface area contributed by atoms with E-state index in [9.17, 15) is 24.9 Å². The number of carbonyl (C=O) groups excluding carboxylic acids is 2. The zero-order valence-corrected chi connectivity index (χ0v) is 19.1. The molecule has 0 spiro atoms. The van der Waals surface area contributed by atoms with Crippen LogP contribution < -0.4 is 0 Å². The van der Waals surface area contributed by atoms with Crippen LogP contribution in [-0.2, 0) is 0 Å². The number of carbonyl (C=O) groups is 2. The summed E-state index contributed by atoms with van der Waals surface area (Å²) in [5.41, 5.74) is -0.274. The summed E-state index contributed by atoms with van der Waals surface area (Å²) in [6.07, 6.45) is 0. The largest absolute Gasteiger partial charge is 0.395 e. The minimum Gasteiger partial charge on any atom is -0.395 e. The van der Waals surface area contributed by atoms with Gasteiger partial charge in [0.1, 0.15) is 11.2 Å². The van der Waals surface area contributed by atoms with Gasteiger partial charge in [-0.05, 0) is 52.8 Å². The van der Waals surface area contributed by atoms with E-state index in [-0.39, 0.29) is 30.3 Å². The molecule has 0 aliphatic heterocycles. The van der Waals surface area contributed by atoms with Crippen LogP contribution in [0.25, 0.3) is 0 Å². The molecule has 0 aliphatic rings. The second-order valence-corrected chi connectivity index (χ2v) is 9.12. The van der Waals surface area contributed by atoms with E-state index in [4.69, 9.17) is 0 Å². The van der Waals surface area contributed by atoms with E-state index in [0.717, 1.165) is 11.1 Å². The molecule has 2 aromatic rings. The average molecular weight is 428 g/mol. The lowest BCUT2D eigenvalue weighted by atomic mass is 9.90. The Balaban J connectivity index is 2.45. The molecule has 0 fully saturated rings. The van der Waals surface area contributed by atoms with Gasteiger partial charge >= 0.3 is 0 Å². The maximum absolute atomic E-state index is 12.3. The van der Waals surface area contributed by atoms with E-state index >= 15 is 0 Å². The third-order valence-corrected chi connectivity index (χ3v) is 5.46. The highest BCUT2D eigenvalue weighted by Crippen LogP contribution is 2.30. The number of ketones is 2. The summed E-state index contributed by atoms with van der Waals surface area (Å²) in [7, 11) is 1.90. The van der Waals surface area contributed by atoms with Gasteiger partial charge in [0.15, 0.2) is 11.6 Å². The second-order valence-electron chi connectivity index (χ2n) is 9.12. The SMILES string of the molecule is CC(CO)N(C)C(c1ccc(C(=O)C(C)(C)O)cc1)c1ccc(C(=O)C(C)(C)O)cc1. The highest BCUT2D eigenvalue weighted by Gasteiger charge is 2.28. The first-order valence-corrected chi connectivity index (χ1v) is 10.3. The van der Waals surface area contributed by atoms with Crippen LogP contribution in [0.5, 0.6) is 0 Å². The van der Waals surface area contributed by atoms with Gasteiger partial charge in [0.25, 0.3) is 0 Å². The van der Waals surface area contributed by atoms with Crippen molar-refractivity contribution < 1.29 is 24.9 Å². The highest BCUT2D eigenvalue weighted by molar-refractivity contribution is 6.02. The lowest BCUT2D eigenvalue weighted by Gasteiger charge is -2.33. The molecule has 6 nitrogen and oxygen atoms in total. The summed E-state index contributed by atoms with van der Waals surface area (Å²) in [4.78, 5) is 26.7. The van der Waals surface area contributed by atoms with Gasteiger partial charge < -0.3 is 15.3 Å². The van der Waals surface area contributed by atoms with E-state index in [1.54, 1.807) is 24.3 Å². The van der Waals surface area contributed by atoms with Crippen molar-refractivity contribution in [1.82, 2.24) is 4.90 Å². The van der Waals surface area contributed by atoms with Gasteiger partial charge in [-0.25, -0.2) is 0 Å². The number of aliphatic hydroxyl groups is 3. The summed E-state index contributed by atoms with van der Waals surface area (Å²) in [5.74, 6) is -0.718. The van der Waals surface area contributed by atoms with E-state index in [2.05, 4.69) is 0 Å². The lowest BCUT2D eigenvalue weighted by Crippen LogP contribution is -2.36. The molecule has 0 saturated heterocycles. The fourth-order valence-electron chi connectivity index (χ4n) is 3.39. The Morgan fingerprint density at radius 1 is 0.806 bits per heavy atom. The molecule has 168 valence electrons. The Kier molecular flexibility index (Phi) is 7.55. The fourth-order valence-corrected chi connectivity index (χ4v) is 3.39. The number of Topliss-reactive ketones (excluding diaryl/α,β-unsaturated/α-hetero) is 2. The van der Waals surface area contributed by atoms with Gasteiger partial charge in [0.05, 0.1) is 12.6 Å². The number of nitrogens with zero attached hydrogens (tertiary/aromatic N) is 1. The molecule has 31 heavy (non-hydrogen) atoms. The number of aliphatic hydroxyl groups excluding tert-OH is 1. The molecule has 0 radical (unpaired) electrons. The lowest BCUT2D eigenvalue weighted by molar-refractivity contribution is 0.0487. The molecule has 0 amide bonds. The summed E-state index contributed by atoms with van der Waals surface area (Å²) < 4.78 is 0. The third kappa shape index (κ3) is 5.86. The Labute approximate surface area is 184 Å². The Morgan fingerprint density at radius 2 is 1.13 bits per heavy atom. The van der Waals surface area contributed by atoms with Crippen molar-refractivity contribution in [3.8, 4) is 0 Å². The minimum absolute atomic E-state index is 0.0302. The van der Waals surface area contributed by atoms with Crippen LogP contribution >= 0.6 is 0 Å². The van der Waals surface area contributed by atoms with Crippen LogP contribution in [0.15, 0.2) is 48.5 Å². The smallest absolute Gasteiger partial charge is 0.193 e. The van der Waals surface area contributed by atoms with E-state index in [1.807, 2.05) is 43.1 Å². The molecule has 0 bridgehead atoms. The van der Waals surface area contributed by atoms with Crippen LogP contribution in [0.4, 0.5) is 0 Å². The van der Waals surface area contributed by atoms with Crippen molar-refractivity contribution in [3.05, 3.63) is 70.8 Å². The van der Waals surface area contributed by atoms with E-state index in [0.29, 0.717) is 11.1 Å². The van der Waals surface area contributed by atoms with Crippen LogP contribution in [-0.4, -0.2) is 62.7 Å². The quantitative estimate of drug-likeness (QED) is 0.532. The van der Waals surface area contributed by atoms with Crippen LogP contribution in [0.2, 0.25) is 0 Å². The first kappa shape index (κ1) is 24.9. The third-order valence-electron chi connectivity index (χ3n) is 5.46. The fraction of sp³-hybridized carbons (Fsp3) is 0.440. The summed E-state index contributed by atoms with van der Waals surface area (Å²) in [6, 6.07) is 13.7. The van der Waals surface area contributed by atoms with Crippen LogP contribution in [0.3, 0.4) is 0 Å². The van der Waals surface area contributed by atoms with Gasteiger partial charge in [-0.15, -0.1) is 0 Å². The van der Waals surface area contributed by atoms with E-state index < -0.39 is 11.2 Å². The monoisotopic (exact) mass is 427 g/mol. The average Bonchev–Trinajstić information content (AvgIpc) is 2.71. The van der Waals surface area contributed by atoms with Crippen molar-refractivity contribution >= 4 is 11.6 Å². The molecule has 0 heterocycles.